The minimum atomic E-state index is -4.11. The molecule has 3 rings (SSSR count). The summed E-state index contributed by atoms with van der Waals surface area (Å²) in [7, 11) is 1.47. The fraction of sp³-hybridized carbons (Fsp3) is 0.588. The van der Waals surface area contributed by atoms with Crippen LogP contribution in [0.25, 0.3) is 0 Å². The lowest BCUT2D eigenvalue weighted by molar-refractivity contribution is -0.225. The molecule has 2 fully saturated rings. The number of alkyl halides is 3. The van der Waals surface area contributed by atoms with Crippen molar-refractivity contribution in [1.29, 1.82) is 0 Å². The molecule has 1 aromatic heterocycles. The van der Waals surface area contributed by atoms with Gasteiger partial charge in [0.25, 0.3) is 0 Å². The van der Waals surface area contributed by atoms with Gasteiger partial charge in [0.05, 0.1) is 11.6 Å². The Kier molecular flexibility index (Phi) is 4.58. The van der Waals surface area contributed by atoms with Gasteiger partial charge in [-0.05, 0) is 25.0 Å². The predicted molar refractivity (Wildman–Crippen MR) is 88.3 cm³/mol. The molecule has 0 bridgehead atoms. The smallest absolute Gasteiger partial charge is 0.357 e. The van der Waals surface area contributed by atoms with Crippen LogP contribution < -0.4 is 15.5 Å². The van der Waals surface area contributed by atoms with Crippen molar-refractivity contribution in [3.63, 3.8) is 0 Å². The lowest BCUT2D eigenvalue weighted by Gasteiger charge is -2.59. The second-order valence-corrected chi connectivity index (χ2v) is 7.17. The number of hydrogen-bond acceptors (Lipinski definition) is 4. The first-order chi connectivity index (χ1) is 12.1. The molecular weight excluding hydrogens is 349 g/mol. The molecule has 26 heavy (non-hydrogen) atoms. The average molecular weight is 370 g/mol. The number of nitrogens with one attached hydrogen (secondary N) is 2. The van der Waals surface area contributed by atoms with Gasteiger partial charge in [0.1, 0.15) is 5.82 Å². The van der Waals surface area contributed by atoms with E-state index in [0.29, 0.717) is 24.6 Å². The summed E-state index contributed by atoms with van der Waals surface area (Å²) in [5.41, 5.74) is 0.121. The maximum atomic E-state index is 12.7. The van der Waals surface area contributed by atoms with Crippen LogP contribution in [-0.4, -0.2) is 43.1 Å². The normalized spacial score (nSPS) is 20.1. The summed E-state index contributed by atoms with van der Waals surface area (Å²) in [5.74, 6) is -1.34. The number of likely N-dealkylation sites (N-methyl/N-ethyl adjacent to an activating group) is 1. The van der Waals surface area contributed by atoms with Crippen molar-refractivity contribution >= 4 is 17.6 Å². The van der Waals surface area contributed by atoms with Crippen molar-refractivity contribution < 1.29 is 22.8 Å². The van der Waals surface area contributed by atoms with E-state index in [4.69, 9.17) is 0 Å². The van der Waals surface area contributed by atoms with Crippen LogP contribution in [0, 0.1) is 11.3 Å². The van der Waals surface area contributed by atoms with Gasteiger partial charge in [-0.25, -0.2) is 4.98 Å². The first-order valence-corrected chi connectivity index (χ1v) is 8.41. The number of carbonyl (C=O) groups is 2. The predicted octanol–water partition coefficient (Wildman–Crippen LogP) is 1.78. The highest BCUT2D eigenvalue weighted by atomic mass is 19.4. The Balaban J connectivity index is 1.67. The fourth-order valence-electron chi connectivity index (χ4n) is 3.80. The molecule has 1 saturated heterocycles. The van der Waals surface area contributed by atoms with Gasteiger partial charge in [0.15, 0.2) is 6.04 Å². The van der Waals surface area contributed by atoms with Crippen LogP contribution in [0.1, 0.15) is 31.5 Å². The van der Waals surface area contributed by atoms with Gasteiger partial charge in [0, 0.05) is 32.5 Å². The lowest BCUT2D eigenvalue weighted by Crippen LogP contribution is -2.64. The number of nitrogens with zero attached hydrogens (tertiary/aromatic N) is 2. The molecule has 9 heteroatoms. The van der Waals surface area contributed by atoms with E-state index in [0.717, 1.165) is 0 Å². The minimum Gasteiger partial charge on any atom is -0.357 e. The largest absolute Gasteiger partial charge is 0.391 e. The number of amides is 2. The molecule has 6 nitrogen and oxygen atoms in total. The molecule has 2 aliphatic rings. The first-order valence-electron chi connectivity index (χ1n) is 8.41. The highest BCUT2D eigenvalue weighted by Crippen LogP contribution is 2.57. The molecule has 2 N–H and O–H groups in total. The summed E-state index contributed by atoms with van der Waals surface area (Å²) >= 11 is 0. The zero-order chi connectivity index (χ0) is 19.1. The third-order valence-corrected chi connectivity index (χ3v) is 5.11. The Morgan fingerprint density at radius 3 is 2.50 bits per heavy atom. The molecule has 1 unspecified atom stereocenters. The van der Waals surface area contributed by atoms with Gasteiger partial charge in [0.2, 0.25) is 11.8 Å². The number of carbonyl (C=O) groups excluding carboxylic acids is 2. The maximum Gasteiger partial charge on any atom is 0.391 e. The molecule has 1 atom stereocenters. The highest BCUT2D eigenvalue weighted by molar-refractivity contribution is 5.87. The van der Waals surface area contributed by atoms with Crippen molar-refractivity contribution in [3.8, 4) is 0 Å². The van der Waals surface area contributed by atoms with E-state index in [2.05, 4.69) is 15.6 Å². The maximum absolute atomic E-state index is 12.7. The van der Waals surface area contributed by atoms with E-state index in [1.165, 1.54) is 14.0 Å². The highest BCUT2D eigenvalue weighted by Gasteiger charge is 2.60. The van der Waals surface area contributed by atoms with Crippen LogP contribution in [0.5, 0.6) is 0 Å². The summed E-state index contributed by atoms with van der Waals surface area (Å²) in [4.78, 5) is 29.7. The summed E-state index contributed by atoms with van der Waals surface area (Å²) in [6, 6.07) is 4.20. The molecule has 2 amide bonds. The van der Waals surface area contributed by atoms with E-state index >= 15 is 0 Å². The number of aromatic nitrogens is 1. The fourth-order valence-corrected chi connectivity index (χ4v) is 3.80. The molecule has 1 spiro atoms. The Bertz CT molecular complexity index is 708. The SMILES string of the molecule is CNC(=O)C(NC(C)=O)c1cccc(N2CC3(CC(C(F)(F)F)C3)C2)n1. The number of pyridine rings is 1. The number of rotatable bonds is 4. The Morgan fingerprint density at radius 2 is 1.96 bits per heavy atom. The van der Waals surface area contributed by atoms with Gasteiger partial charge in [-0.15, -0.1) is 0 Å². The number of anilines is 1. The summed E-state index contributed by atoms with van der Waals surface area (Å²) in [6.07, 6.45) is -3.78. The van der Waals surface area contributed by atoms with Gasteiger partial charge in [-0.1, -0.05) is 6.07 Å². The number of halogens is 3. The van der Waals surface area contributed by atoms with Crippen LogP contribution in [0.3, 0.4) is 0 Å². The van der Waals surface area contributed by atoms with E-state index in [-0.39, 0.29) is 24.2 Å². The summed E-state index contributed by atoms with van der Waals surface area (Å²) < 4.78 is 38.0. The Labute approximate surface area is 149 Å². The molecule has 1 aliphatic carbocycles. The van der Waals surface area contributed by atoms with Crippen molar-refractivity contribution in [1.82, 2.24) is 15.6 Å². The molecule has 1 aliphatic heterocycles. The lowest BCUT2D eigenvalue weighted by atomic mass is 9.57. The van der Waals surface area contributed by atoms with Crippen molar-refractivity contribution in [2.45, 2.75) is 32.0 Å². The van der Waals surface area contributed by atoms with Crippen molar-refractivity contribution in [3.05, 3.63) is 23.9 Å². The quantitative estimate of drug-likeness (QED) is 0.847. The summed E-state index contributed by atoms with van der Waals surface area (Å²) in [5, 5.41) is 5.04. The van der Waals surface area contributed by atoms with Gasteiger partial charge >= 0.3 is 6.18 Å². The molecular formula is C17H21F3N4O2. The number of hydrogen-bond donors (Lipinski definition) is 2. The molecule has 0 aromatic carbocycles. The summed E-state index contributed by atoms with van der Waals surface area (Å²) in [6.45, 7) is 2.37. The zero-order valence-corrected chi connectivity index (χ0v) is 14.6. The van der Waals surface area contributed by atoms with E-state index in [9.17, 15) is 22.8 Å². The topological polar surface area (TPSA) is 74.3 Å². The van der Waals surface area contributed by atoms with Crippen LogP contribution in [0.15, 0.2) is 18.2 Å². The zero-order valence-electron chi connectivity index (χ0n) is 14.6. The minimum absolute atomic E-state index is 0.166. The van der Waals surface area contributed by atoms with Crippen LogP contribution in [0.4, 0.5) is 19.0 Å². The Morgan fingerprint density at radius 1 is 1.31 bits per heavy atom. The molecule has 1 aromatic rings. The first kappa shape index (κ1) is 18.5. The van der Waals surface area contributed by atoms with E-state index < -0.39 is 24.0 Å². The third-order valence-electron chi connectivity index (χ3n) is 5.11. The molecule has 2 heterocycles. The second-order valence-electron chi connectivity index (χ2n) is 7.17. The van der Waals surface area contributed by atoms with Crippen LogP contribution in [0.2, 0.25) is 0 Å². The molecule has 1 saturated carbocycles. The van der Waals surface area contributed by atoms with Gasteiger partial charge in [-0.2, -0.15) is 13.2 Å². The van der Waals surface area contributed by atoms with Crippen molar-refractivity contribution in [2.75, 3.05) is 25.0 Å². The second kappa shape index (κ2) is 6.44. The van der Waals surface area contributed by atoms with Gasteiger partial charge < -0.3 is 15.5 Å². The van der Waals surface area contributed by atoms with Crippen LogP contribution >= 0.6 is 0 Å². The van der Waals surface area contributed by atoms with Crippen LogP contribution in [-0.2, 0) is 9.59 Å². The Hall–Kier alpha value is -2.32. The standard InChI is InChI=1S/C17H21F3N4O2/c1-10(25)22-14(15(26)21-2)12-4-3-5-13(23-12)24-8-16(9-24)6-11(7-16)17(18,19)20/h3-5,11,14H,6-9H2,1-2H3,(H,21,26)(H,22,25). The third kappa shape index (κ3) is 3.47. The van der Waals surface area contributed by atoms with Gasteiger partial charge in [-0.3, -0.25) is 9.59 Å². The monoisotopic (exact) mass is 370 g/mol. The average Bonchev–Trinajstić information content (AvgIpc) is 2.48. The van der Waals surface area contributed by atoms with Crippen molar-refractivity contribution in [2.24, 2.45) is 11.3 Å². The molecule has 142 valence electrons. The molecule has 0 radical (unpaired) electrons. The van der Waals surface area contributed by atoms with E-state index in [1.54, 1.807) is 18.2 Å². The van der Waals surface area contributed by atoms with E-state index in [1.807, 2.05) is 4.90 Å².